The molecule has 0 saturated heterocycles. The van der Waals surface area contributed by atoms with Crippen LogP contribution in [0.2, 0.25) is 0 Å². The van der Waals surface area contributed by atoms with Gasteiger partial charge in [0.2, 0.25) is 5.91 Å². The molecule has 0 aromatic heterocycles. The predicted molar refractivity (Wildman–Crippen MR) is 71.5 cm³/mol. The van der Waals surface area contributed by atoms with Crippen molar-refractivity contribution in [3.05, 3.63) is 35.4 Å². The van der Waals surface area contributed by atoms with Gasteiger partial charge in [-0.3, -0.25) is 4.79 Å². The lowest BCUT2D eigenvalue weighted by molar-refractivity contribution is -0.140. The highest BCUT2D eigenvalue weighted by atomic mass is 19.4. The molecule has 21 heavy (non-hydrogen) atoms. The minimum absolute atomic E-state index is 0.0915. The molecule has 1 aliphatic carbocycles. The van der Waals surface area contributed by atoms with Gasteiger partial charge in [-0.25, -0.2) is 0 Å². The average molecular weight is 301 g/mol. The fourth-order valence-corrected chi connectivity index (χ4v) is 2.54. The van der Waals surface area contributed by atoms with Crippen LogP contribution in [0.5, 0.6) is 0 Å². The summed E-state index contributed by atoms with van der Waals surface area (Å²) in [6.07, 6.45) is -1.88. The lowest BCUT2D eigenvalue weighted by Gasteiger charge is -2.39. The van der Waals surface area contributed by atoms with Crippen molar-refractivity contribution in [1.29, 1.82) is 0 Å². The summed E-state index contributed by atoms with van der Waals surface area (Å²) in [5, 5.41) is 2.72. The number of alkyl halides is 3. The molecule has 0 radical (unpaired) electrons. The molecule has 3 nitrogen and oxygen atoms in total. The van der Waals surface area contributed by atoms with Gasteiger partial charge in [0.15, 0.2) is 0 Å². The number of benzene rings is 1. The first-order valence-electron chi connectivity index (χ1n) is 6.81. The van der Waals surface area contributed by atoms with Crippen LogP contribution in [0.3, 0.4) is 0 Å². The van der Waals surface area contributed by atoms with E-state index in [9.17, 15) is 18.0 Å². The van der Waals surface area contributed by atoms with E-state index >= 15 is 0 Å². The van der Waals surface area contributed by atoms with Crippen LogP contribution in [-0.2, 0) is 22.3 Å². The van der Waals surface area contributed by atoms with E-state index < -0.39 is 17.2 Å². The Morgan fingerprint density at radius 2 is 2.10 bits per heavy atom. The Labute approximate surface area is 121 Å². The van der Waals surface area contributed by atoms with Crippen LogP contribution in [0.25, 0.3) is 0 Å². The van der Waals surface area contributed by atoms with Gasteiger partial charge in [-0.2, -0.15) is 13.2 Å². The Hall–Kier alpha value is -1.56. The van der Waals surface area contributed by atoms with Crippen molar-refractivity contribution in [2.75, 3.05) is 13.7 Å². The number of ether oxygens (including phenoxy) is 1. The maximum Gasteiger partial charge on any atom is 0.416 e. The molecule has 1 aliphatic rings. The van der Waals surface area contributed by atoms with Crippen LogP contribution in [0, 0.1) is 5.41 Å². The molecule has 0 bridgehead atoms. The number of amides is 1. The summed E-state index contributed by atoms with van der Waals surface area (Å²) in [5.41, 5.74) is -0.773. The number of hydrogen-bond donors (Lipinski definition) is 1. The first kappa shape index (κ1) is 15.8. The fraction of sp³-hybridized carbons (Fsp3) is 0.533. The Bertz CT molecular complexity index is 510. The molecule has 6 heteroatoms. The van der Waals surface area contributed by atoms with Crippen LogP contribution in [0.15, 0.2) is 24.3 Å². The molecule has 1 amide bonds. The Morgan fingerprint density at radius 3 is 2.62 bits per heavy atom. The van der Waals surface area contributed by atoms with Crippen molar-refractivity contribution in [2.24, 2.45) is 5.41 Å². The summed E-state index contributed by atoms with van der Waals surface area (Å²) in [5.74, 6) is -0.145. The second-order valence-corrected chi connectivity index (χ2v) is 5.45. The van der Waals surface area contributed by atoms with Crippen LogP contribution in [-0.4, -0.2) is 19.6 Å². The number of carbonyl (C=O) groups excluding carboxylic acids is 1. The third kappa shape index (κ3) is 3.56. The zero-order valence-corrected chi connectivity index (χ0v) is 11.8. The molecular formula is C15H18F3NO2. The summed E-state index contributed by atoms with van der Waals surface area (Å²) in [6.45, 7) is 0.440. The van der Waals surface area contributed by atoms with E-state index in [-0.39, 0.29) is 12.5 Å². The largest absolute Gasteiger partial charge is 0.416 e. The standard InChI is InChI=1S/C15H18F3NO2/c1-21-10-14(6-3-7-14)13(20)19-9-11-4-2-5-12(8-11)15(16,17)18/h2,4-5,8H,3,6-7,9-10H2,1H3,(H,19,20). The van der Waals surface area contributed by atoms with Gasteiger partial charge in [0.05, 0.1) is 17.6 Å². The minimum Gasteiger partial charge on any atom is -0.384 e. The normalized spacial score (nSPS) is 17.1. The van der Waals surface area contributed by atoms with Crippen molar-refractivity contribution < 1.29 is 22.7 Å². The van der Waals surface area contributed by atoms with Gasteiger partial charge >= 0.3 is 6.18 Å². The number of hydrogen-bond acceptors (Lipinski definition) is 2. The Morgan fingerprint density at radius 1 is 1.38 bits per heavy atom. The van der Waals surface area contributed by atoms with Crippen LogP contribution < -0.4 is 5.32 Å². The van der Waals surface area contributed by atoms with Gasteiger partial charge in [-0.1, -0.05) is 18.6 Å². The highest BCUT2D eigenvalue weighted by Gasteiger charge is 2.44. The van der Waals surface area contributed by atoms with Gasteiger partial charge < -0.3 is 10.1 Å². The predicted octanol–water partition coefficient (Wildman–Crippen LogP) is 3.14. The van der Waals surface area contributed by atoms with Crippen molar-refractivity contribution >= 4 is 5.91 Å². The quantitative estimate of drug-likeness (QED) is 0.907. The molecule has 0 aliphatic heterocycles. The van der Waals surface area contributed by atoms with Gasteiger partial charge in [0.1, 0.15) is 0 Å². The van der Waals surface area contributed by atoms with Crippen molar-refractivity contribution in [3.8, 4) is 0 Å². The number of rotatable bonds is 5. The monoisotopic (exact) mass is 301 g/mol. The van der Waals surface area contributed by atoms with E-state index in [1.807, 2.05) is 0 Å². The smallest absolute Gasteiger partial charge is 0.384 e. The molecule has 1 saturated carbocycles. The SMILES string of the molecule is COCC1(C(=O)NCc2cccc(C(F)(F)F)c2)CCC1. The summed E-state index contributed by atoms with van der Waals surface area (Å²) < 4.78 is 42.9. The molecular weight excluding hydrogens is 283 g/mol. The summed E-state index contributed by atoms with van der Waals surface area (Å²) in [4.78, 5) is 12.2. The summed E-state index contributed by atoms with van der Waals surface area (Å²) in [7, 11) is 1.54. The molecule has 0 spiro atoms. The zero-order valence-electron chi connectivity index (χ0n) is 11.8. The molecule has 0 heterocycles. The first-order chi connectivity index (χ1) is 9.87. The second-order valence-electron chi connectivity index (χ2n) is 5.45. The van der Waals surface area contributed by atoms with Crippen LogP contribution in [0.4, 0.5) is 13.2 Å². The van der Waals surface area contributed by atoms with Gasteiger partial charge in [-0.15, -0.1) is 0 Å². The van der Waals surface area contributed by atoms with Gasteiger partial charge in [0.25, 0.3) is 0 Å². The highest BCUT2D eigenvalue weighted by molar-refractivity contribution is 5.83. The second kappa shape index (κ2) is 6.05. The van der Waals surface area contributed by atoms with E-state index in [0.717, 1.165) is 31.4 Å². The number of carbonyl (C=O) groups is 1. The number of methoxy groups -OCH3 is 1. The third-order valence-electron chi connectivity index (χ3n) is 3.92. The van der Waals surface area contributed by atoms with Crippen LogP contribution in [0.1, 0.15) is 30.4 Å². The van der Waals surface area contributed by atoms with Crippen molar-refractivity contribution in [3.63, 3.8) is 0 Å². The van der Waals surface area contributed by atoms with Crippen molar-refractivity contribution in [1.82, 2.24) is 5.32 Å². The Kier molecular flexibility index (Phi) is 4.56. The Balaban J connectivity index is 1.98. The molecule has 2 rings (SSSR count). The average Bonchev–Trinajstić information content (AvgIpc) is 2.39. The molecule has 0 atom stereocenters. The highest BCUT2D eigenvalue weighted by Crippen LogP contribution is 2.41. The number of halogens is 3. The number of nitrogens with one attached hydrogen (secondary N) is 1. The van der Waals surface area contributed by atoms with Gasteiger partial charge in [-0.05, 0) is 30.5 Å². The zero-order chi connectivity index (χ0) is 15.5. The van der Waals surface area contributed by atoms with E-state index in [4.69, 9.17) is 4.74 Å². The fourth-order valence-electron chi connectivity index (χ4n) is 2.54. The summed E-state index contributed by atoms with van der Waals surface area (Å²) in [6, 6.07) is 4.99. The first-order valence-corrected chi connectivity index (χ1v) is 6.81. The minimum atomic E-state index is -4.37. The molecule has 1 aromatic rings. The molecule has 0 unspecified atom stereocenters. The van der Waals surface area contributed by atoms with Crippen LogP contribution >= 0.6 is 0 Å². The molecule has 1 fully saturated rings. The lowest BCUT2D eigenvalue weighted by Crippen LogP contribution is -2.48. The van der Waals surface area contributed by atoms with E-state index in [1.54, 1.807) is 13.2 Å². The maximum absolute atomic E-state index is 12.6. The molecule has 116 valence electrons. The van der Waals surface area contributed by atoms with Gasteiger partial charge in [0, 0.05) is 13.7 Å². The topological polar surface area (TPSA) is 38.3 Å². The molecule has 1 N–H and O–H groups in total. The van der Waals surface area contributed by atoms with E-state index in [2.05, 4.69) is 5.32 Å². The maximum atomic E-state index is 12.6. The van der Waals surface area contributed by atoms with E-state index in [1.165, 1.54) is 6.07 Å². The molecule has 1 aromatic carbocycles. The lowest BCUT2D eigenvalue weighted by atomic mass is 9.68. The van der Waals surface area contributed by atoms with E-state index in [0.29, 0.717) is 12.2 Å². The summed E-state index contributed by atoms with van der Waals surface area (Å²) >= 11 is 0. The van der Waals surface area contributed by atoms with Crippen molar-refractivity contribution in [2.45, 2.75) is 32.0 Å². The third-order valence-corrected chi connectivity index (χ3v) is 3.92.